The summed E-state index contributed by atoms with van der Waals surface area (Å²) >= 11 is 0. The first-order valence-corrected chi connectivity index (χ1v) is 11.0. The third kappa shape index (κ3) is 3.23. The largest absolute Gasteiger partial charge is 0.325 e. The highest BCUT2D eigenvalue weighted by Gasteiger charge is 2.53. The van der Waals surface area contributed by atoms with Crippen LogP contribution in [0.15, 0.2) is 42.5 Å². The van der Waals surface area contributed by atoms with Crippen LogP contribution in [-0.4, -0.2) is 42.9 Å². The number of aryl methyl sites for hydroxylation is 3. The van der Waals surface area contributed by atoms with E-state index in [1.165, 1.54) is 0 Å². The van der Waals surface area contributed by atoms with Gasteiger partial charge in [0.15, 0.2) is 9.84 Å². The lowest BCUT2D eigenvalue weighted by Gasteiger charge is -2.23. The number of urea groups is 1. The van der Waals surface area contributed by atoms with Crippen LogP contribution in [0.1, 0.15) is 22.3 Å². The van der Waals surface area contributed by atoms with Crippen molar-refractivity contribution in [3.05, 3.63) is 64.7 Å². The molecule has 5 nitrogen and oxygen atoms in total. The van der Waals surface area contributed by atoms with Gasteiger partial charge in [0.05, 0.1) is 23.6 Å². The van der Waals surface area contributed by atoms with Crippen molar-refractivity contribution in [3.8, 4) is 0 Å². The van der Waals surface area contributed by atoms with E-state index in [9.17, 15) is 13.2 Å². The lowest BCUT2D eigenvalue weighted by atomic mass is 10.0. The van der Waals surface area contributed by atoms with Crippen LogP contribution in [0, 0.1) is 20.8 Å². The van der Waals surface area contributed by atoms with E-state index in [1.54, 1.807) is 9.80 Å². The molecular weight excluding hydrogens is 360 g/mol. The van der Waals surface area contributed by atoms with Gasteiger partial charge in [-0.15, -0.1) is 0 Å². The van der Waals surface area contributed by atoms with Crippen molar-refractivity contribution < 1.29 is 13.2 Å². The molecule has 0 aliphatic carbocycles. The molecule has 0 N–H and O–H groups in total. The molecule has 0 bridgehead atoms. The number of sulfone groups is 1. The van der Waals surface area contributed by atoms with Gasteiger partial charge in [-0.25, -0.2) is 13.2 Å². The minimum absolute atomic E-state index is 0.0284. The average molecular weight is 385 g/mol. The Morgan fingerprint density at radius 2 is 1.56 bits per heavy atom. The number of rotatable bonds is 3. The van der Waals surface area contributed by atoms with E-state index in [-0.39, 0.29) is 29.6 Å². The lowest BCUT2D eigenvalue weighted by molar-refractivity contribution is 0.205. The van der Waals surface area contributed by atoms with Gasteiger partial charge in [-0.3, -0.25) is 4.90 Å². The summed E-state index contributed by atoms with van der Waals surface area (Å²) in [6, 6.07) is 13.1. The smallest absolute Gasteiger partial charge is 0.314 e. The quantitative estimate of drug-likeness (QED) is 0.764. The van der Waals surface area contributed by atoms with Gasteiger partial charge in [0.25, 0.3) is 0 Å². The molecule has 2 atom stereocenters. The Bertz CT molecular complexity index is 999. The number of hydrogen-bond acceptors (Lipinski definition) is 3. The van der Waals surface area contributed by atoms with Crippen LogP contribution in [0.2, 0.25) is 0 Å². The molecule has 0 spiro atoms. The minimum Gasteiger partial charge on any atom is -0.314 e. The molecule has 2 saturated heterocycles. The number of benzene rings is 2. The molecule has 2 aromatic carbocycles. The summed E-state index contributed by atoms with van der Waals surface area (Å²) in [5.41, 5.74) is 5.18. The maximum absolute atomic E-state index is 13.3. The van der Waals surface area contributed by atoms with Gasteiger partial charge >= 0.3 is 6.03 Å². The number of fused-ring (bicyclic) bond motifs is 1. The first-order chi connectivity index (χ1) is 12.7. The number of carbonyl (C=O) groups excluding carboxylic acids is 1. The predicted octanol–water partition coefficient (Wildman–Crippen LogP) is 3.22. The molecule has 2 aromatic rings. The van der Waals surface area contributed by atoms with Crippen molar-refractivity contribution in [3.63, 3.8) is 0 Å². The number of nitrogens with zero attached hydrogens (tertiary/aromatic N) is 2. The monoisotopic (exact) mass is 384 g/mol. The fraction of sp³-hybridized carbons (Fsp3) is 0.381. The van der Waals surface area contributed by atoms with Crippen LogP contribution in [0.3, 0.4) is 0 Å². The molecule has 142 valence electrons. The highest BCUT2D eigenvalue weighted by Crippen LogP contribution is 2.36. The van der Waals surface area contributed by atoms with Gasteiger partial charge in [0, 0.05) is 12.2 Å². The van der Waals surface area contributed by atoms with Crippen molar-refractivity contribution >= 4 is 21.6 Å². The normalized spacial score (nSPS) is 23.7. The van der Waals surface area contributed by atoms with Gasteiger partial charge < -0.3 is 4.90 Å². The van der Waals surface area contributed by atoms with Crippen molar-refractivity contribution in [2.24, 2.45) is 0 Å². The van der Waals surface area contributed by atoms with Crippen LogP contribution >= 0.6 is 0 Å². The van der Waals surface area contributed by atoms with E-state index in [1.807, 2.05) is 57.2 Å². The first kappa shape index (κ1) is 18.0. The van der Waals surface area contributed by atoms with Gasteiger partial charge in [0.2, 0.25) is 0 Å². The zero-order valence-corrected chi connectivity index (χ0v) is 16.7. The second kappa shape index (κ2) is 6.37. The third-order valence-corrected chi connectivity index (χ3v) is 7.33. The van der Waals surface area contributed by atoms with Crippen molar-refractivity contribution in [1.82, 2.24) is 4.90 Å². The average Bonchev–Trinajstić information content (AvgIpc) is 3.03. The highest BCUT2D eigenvalue weighted by atomic mass is 32.2. The second-order valence-corrected chi connectivity index (χ2v) is 9.91. The minimum atomic E-state index is -3.16. The topological polar surface area (TPSA) is 57.7 Å². The van der Waals surface area contributed by atoms with E-state index in [2.05, 4.69) is 6.07 Å². The van der Waals surface area contributed by atoms with E-state index < -0.39 is 9.84 Å². The molecule has 0 radical (unpaired) electrons. The molecule has 2 fully saturated rings. The SMILES string of the molecule is Cc1ccc(N2C(=O)N(Cc3cc(C)ccc3C)[C@H]3CS(=O)(=O)C[C@H]32)cc1. The summed E-state index contributed by atoms with van der Waals surface area (Å²) in [5, 5.41) is 0. The summed E-state index contributed by atoms with van der Waals surface area (Å²) in [5.74, 6) is 0.0667. The summed E-state index contributed by atoms with van der Waals surface area (Å²) in [6.45, 7) is 6.47. The van der Waals surface area contributed by atoms with Crippen molar-refractivity contribution in [2.45, 2.75) is 39.4 Å². The predicted molar refractivity (Wildman–Crippen MR) is 107 cm³/mol. The highest BCUT2D eigenvalue weighted by molar-refractivity contribution is 7.91. The summed E-state index contributed by atoms with van der Waals surface area (Å²) in [4.78, 5) is 16.7. The Kier molecular flexibility index (Phi) is 4.26. The van der Waals surface area contributed by atoms with Crippen LogP contribution in [-0.2, 0) is 16.4 Å². The summed E-state index contributed by atoms with van der Waals surface area (Å²) in [6.07, 6.45) is 0. The molecule has 2 heterocycles. The van der Waals surface area contributed by atoms with Gasteiger partial charge in [-0.05, 0) is 44.0 Å². The van der Waals surface area contributed by atoms with Crippen LogP contribution in [0.4, 0.5) is 10.5 Å². The second-order valence-electron chi connectivity index (χ2n) is 7.76. The molecule has 4 rings (SSSR count). The first-order valence-electron chi connectivity index (χ1n) is 9.18. The van der Waals surface area contributed by atoms with Crippen LogP contribution < -0.4 is 4.90 Å². The molecular formula is C21H24N2O3S. The lowest BCUT2D eigenvalue weighted by Crippen LogP contribution is -2.37. The van der Waals surface area contributed by atoms with Crippen molar-refractivity contribution in [2.75, 3.05) is 16.4 Å². The summed E-state index contributed by atoms with van der Waals surface area (Å²) in [7, 11) is -3.16. The zero-order chi connectivity index (χ0) is 19.3. The van der Waals surface area contributed by atoms with Gasteiger partial charge in [0.1, 0.15) is 0 Å². The molecule has 0 saturated carbocycles. The summed E-state index contributed by atoms with van der Waals surface area (Å²) < 4.78 is 24.7. The Morgan fingerprint density at radius 1 is 0.926 bits per heavy atom. The van der Waals surface area contributed by atoms with Gasteiger partial charge in [-0.1, -0.05) is 41.5 Å². The van der Waals surface area contributed by atoms with E-state index in [0.717, 1.165) is 27.9 Å². The number of hydrogen-bond donors (Lipinski definition) is 0. The standard InChI is InChI=1S/C21H24N2O3S/c1-14-5-8-18(9-6-14)23-20-13-27(25,26)12-19(20)22(21(23)24)11-17-10-15(2)4-7-16(17)3/h4-10,19-20H,11-13H2,1-3H3/t19-,20+/m0/s1. The molecule has 0 unspecified atom stereocenters. The Labute approximate surface area is 160 Å². The Morgan fingerprint density at radius 3 is 2.26 bits per heavy atom. The van der Waals surface area contributed by atoms with E-state index >= 15 is 0 Å². The Balaban J connectivity index is 1.72. The molecule has 2 aliphatic heterocycles. The van der Waals surface area contributed by atoms with Crippen LogP contribution in [0.5, 0.6) is 0 Å². The number of amides is 2. The maximum atomic E-state index is 13.3. The van der Waals surface area contributed by atoms with Crippen molar-refractivity contribution in [1.29, 1.82) is 0 Å². The Hall–Kier alpha value is -2.34. The van der Waals surface area contributed by atoms with E-state index in [0.29, 0.717) is 6.54 Å². The van der Waals surface area contributed by atoms with Gasteiger partial charge in [-0.2, -0.15) is 0 Å². The van der Waals surface area contributed by atoms with Crippen LogP contribution in [0.25, 0.3) is 0 Å². The van der Waals surface area contributed by atoms with E-state index in [4.69, 9.17) is 0 Å². The fourth-order valence-corrected chi connectivity index (χ4v) is 6.07. The molecule has 2 aliphatic rings. The number of anilines is 1. The zero-order valence-electron chi connectivity index (χ0n) is 15.8. The molecule has 27 heavy (non-hydrogen) atoms. The molecule has 2 amide bonds. The number of carbonyl (C=O) groups is 1. The molecule has 6 heteroatoms. The maximum Gasteiger partial charge on any atom is 0.325 e. The third-order valence-electron chi connectivity index (χ3n) is 5.63. The molecule has 0 aromatic heterocycles. The fourth-order valence-electron chi connectivity index (χ4n) is 4.12.